The number of aryl methyl sites for hydroxylation is 2. The van der Waals surface area contributed by atoms with E-state index in [0.717, 1.165) is 61.7 Å². The summed E-state index contributed by atoms with van der Waals surface area (Å²) in [5.41, 5.74) is 3.32. The molecule has 1 fully saturated rings. The summed E-state index contributed by atoms with van der Waals surface area (Å²) in [6, 6.07) is 11.5. The standard InChI is InChI=1S/C27H38N2O5S/c1-7-33-26(30)27(4,5)34-25-20(2)16-23(17-21(25)3)19-29-14-12-28(13-15-29)18-22-8-10-24(11-9-22)35(6,31)32/h8-11,16-17H,7,12-15,18-19H2,1-6H3. The van der Waals surface area contributed by atoms with Crippen LogP contribution >= 0.6 is 0 Å². The molecule has 0 aliphatic carbocycles. The van der Waals surface area contributed by atoms with Crippen molar-refractivity contribution in [3.63, 3.8) is 0 Å². The van der Waals surface area contributed by atoms with Gasteiger partial charge in [0.05, 0.1) is 11.5 Å². The Morgan fingerprint density at radius 3 is 1.86 bits per heavy atom. The number of carbonyl (C=O) groups is 1. The fourth-order valence-corrected chi connectivity index (χ4v) is 4.99. The van der Waals surface area contributed by atoms with E-state index in [-0.39, 0.29) is 5.97 Å². The number of piperazine rings is 1. The maximum Gasteiger partial charge on any atom is 0.349 e. The quantitative estimate of drug-likeness (QED) is 0.484. The van der Waals surface area contributed by atoms with Crippen LogP contribution in [0.1, 0.15) is 43.0 Å². The minimum atomic E-state index is -3.16. The zero-order valence-corrected chi connectivity index (χ0v) is 22.6. The maximum atomic E-state index is 12.2. The number of hydrogen-bond acceptors (Lipinski definition) is 7. The lowest BCUT2D eigenvalue weighted by Crippen LogP contribution is -2.45. The molecule has 0 atom stereocenters. The van der Waals surface area contributed by atoms with Gasteiger partial charge in [-0.2, -0.15) is 0 Å². The monoisotopic (exact) mass is 502 g/mol. The summed E-state index contributed by atoms with van der Waals surface area (Å²) < 4.78 is 34.5. The molecule has 35 heavy (non-hydrogen) atoms. The van der Waals surface area contributed by atoms with E-state index in [2.05, 4.69) is 21.9 Å². The molecular formula is C27H38N2O5S. The Hall–Kier alpha value is -2.42. The molecule has 0 unspecified atom stereocenters. The van der Waals surface area contributed by atoms with Crippen molar-refractivity contribution in [3.8, 4) is 5.75 Å². The summed E-state index contributed by atoms with van der Waals surface area (Å²) in [4.78, 5) is 17.4. The third kappa shape index (κ3) is 7.29. The first-order chi connectivity index (χ1) is 16.4. The van der Waals surface area contributed by atoms with Gasteiger partial charge in [0.25, 0.3) is 0 Å². The van der Waals surface area contributed by atoms with Crippen LogP contribution in [0.2, 0.25) is 0 Å². The highest BCUT2D eigenvalue weighted by atomic mass is 32.2. The zero-order valence-electron chi connectivity index (χ0n) is 21.8. The number of nitrogens with zero attached hydrogens (tertiary/aromatic N) is 2. The maximum absolute atomic E-state index is 12.2. The van der Waals surface area contributed by atoms with Crippen LogP contribution in [0.15, 0.2) is 41.3 Å². The lowest BCUT2D eigenvalue weighted by Gasteiger charge is -2.35. The van der Waals surface area contributed by atoms with E-state index >= 15 is 0 Å². The lowest BCUT2D eigenvalue weighted by molar-refractivity contribution is -0.158. The fraction of sp³-hybridized carbons (Fsp3) is 0.519. The zero-order chi connectivity index (χ0) is 25.8. The van der Waals surface area contributed by atoms with E-state index in [4.69, 9.17) is 9.47 Å². The first-order valence-electron chi connectivity index (χ1n) is 12.1. The molecule has 1 heterocycles. The van der Waals surface area contributed by atoms with Crippen LogP contribution in [0, 0.1) is 13.8 Å². The summed E-state index contributed by atoms with van der Waals surface area (Å²) in [5, 5.41) is 0. The number of hydrogen-bond donors (Lipinski definition) is 0. The molecule has 0 amide bonds. The summed E-state index contributed by atoms with van der Waals surface area (Å²) in [6.45, 7) is 15.1. The Labute approximate surface area is 209 Å². The number of rotatable bonds is 9. The second-order valence-electron chi connectivity index (χ2n) is 9.86. The molecule has 0 N–H and O–H groups in total. The van der Waals surface area contributed by atoms with Crippen molar-refractivity contribution < 1.29 is 22.7 Å². The number of esters is 1. The van der Waals surface area contributed by atoms with Gasteiger partial charge in [-0.05, 0) is 69.0 Å². The van der Waals surface area contributed by atoms with Crippen LogP contribution in [0.25, 0.3) is 0 Å². The molecule has 8 heteroatoms. The number of carbonyl (C=O) groups excluding carboxylic acids is 1. The van der Waals surface area contributed by atoms with E-state index in [1.165, 1.54) is 11.8 Å². The van der Waals surface area contributed by atoms with Gasteiger partial charge in [0.1, 0.15) is 5.75 Å². The largest absolute Gasteiger partial charge is 0.476 e. The molecule has 0 radical (unpaired) electrons. The Morgan fingerprint density at radius 1 is 0.914 bits per heavy atom. The van der Waals surface area contributed by atoms with Gasteiger partial charge in [-0.3, -0.25) is 9.80 Å². The van der Waals surface area contributed by atoms with Crippen LogP contribution in [0.5, 0.6) is 5.75 Å². The summed E-state index contributed by atoms with van der Waals surface area (Å²) >= 11 is 0. The van der Waals surface area contributed by atoms with Crippen LogP contribution in [-0.2, 0) is 32.5 Å². The normalized spacial score (nSPS) is 15.7. The summed E-state index contributed by atoms with van der Waals surface area (Å²) in [5.74, 6) is 0.366. The van der Waals surface area contributed by atoms with Gasteiger partial charge >= 0.3 is 5.97 Å². The molecule has 1 aliphatic heterocycles. The Morgan fingerprint density at radius 2 is 1.40 bits per heavy atom. The predicted octanol–water partition coefficient (Wildman–Crippen LogP) is 3.75. The minimum Gasteiger partial charge on any atom is -0.476 e. The second kappa shape index (κ2) is 11.1. The molecule has 0 aromatic heterocycles. The van der Waals surface area contributed by atoms with Gasteiger partial charge < -0.3 is 9.47 Å². The highest BCUT2D eigenvalue weighted by molar-refractivity contribution is 7.90. The average molecular weight is 503 g/mol. The van der Waals surface area contributed by atoms with Crippen molar-refractivity contribution >= 4 is 15.8 Å². The van der Waals surface area contributed by atoms with E-state index in [1.807, 2.05) is 26.0 Å². The lowest BCUT2D eigenvalue weighted by atomic mass is 10.0. The molecule has 0 bridgehead atoms. The van der Waals surface area contributed by atoms with Gasteiger partial charge in [-0.1, -0.05) is 24.3 Å². The molecule has 2 aromatic rings. The molecule has 3 rings (SSSR count). The molecule has 0 saturated carbocycles. The van der Waals surface area contributed by atoms with Crippen LogP contribution < -0.4 is 4.74 Å². The highest BCUT2D eigenvalue weighted by Crippen LogP contribution is 2.30. The van der Waals surface area contributed by atoms with Crippen LogP contribution in [-0.4, -0.2) is 68.8 Å². The van der Waals surface area contributed by atoms with Crippen LogP contribution in [0.3, 0.4) is 0 Å². The van der Waals surface area contributed by atoms with Gasteiger partial charge in [0.2, 0.25) is 0 Å². The van der Waals surface area contributed by atoms with Gasteiger partial charge in [0.15, 0.2) is 15.4 Å². The van der Waals surface area contributed by atoms with Crippen LogP contribution in [0.4, 0.5) is 0 Å². The SMILES string of the molecule is CCOC(=O)C(C)(C)Oc1c(C)cc(CN2CCN(Cc3ccc(S(C)(=O)=O)cc3)CC2)cc1C. The Balaban J connectivity index is 1.56. The van der Waals surface area contributed by atoms with Crippen molar-refractivity contribution in [2.24, 2.45) is 0 Å². The van der Waals surface area contributed by atoms with Crippen molar-refractivity contribution in [2.75, 3.05) is 39.0 Å². The number of sulfone groups is 1. The van der Waals surface area contributed by atoms with E-state index in [0.29, 0.717) is 11.5 Å². The third-order valence-corrected chi connectivity index (χ3v) is 7.40. The van der Waals surface area contributed by atoms with Crippen molar-refractivity contribution in [1.29, 1.82) is 0 Å². The summed E-state index contributed by atoms with van der Waals surface area (Å²) in [7, 11) is -3.16. The van der Waals surface area contributed by atoms with Gasteiger partial charge in [-0.25, -0.2) is 13.2 Å². The van der Waals surface area contributed by atoms with E-state index in [9.17, 15) is 13.2 Å². The van der Waals surface area contributed by atoms with Gasteiger partial charge in [-0.15, -0.1) is 0 Å². The fourth-order valence-electron chi connectivity index (χ4n) is 4.36. The molecule has 1 aliphatic rings. The second-order valence-corrected chi connectivity index (χ2v) is 11.9. The molecular weight excluding hydrogens is 464 g/mol. The topological polar surface area (TPSA) is 76.2 Å². The minimum absolute atomic E-state index is 0.325. The third-order valence-electron chi connectivity index (χ3n) is 6.27. The van der Waals surface area contributed by atoms with Crippen molar-refractivity contribution in [2.45, 2.75) is 58.2 Å². The Bertz CT molecular complexity index is 1110. The van der Waals surface area contributed by atoms with Crippen molar-refractivity contribution in [1.82, 2.24) is 9.80 Å². The molecule has 0 spiro atoms. The molecule has 192 valence electrons. The van der Waals surface area contributed by atoms with Crippen molar-refractivity contribution in [3.05, 3.63) is 58.7 Å². The first-order valence-corrected chi connectivity index (χ1v) is 14.0. The number of benzene rings is 2. The summed E-state index contributed by atoms with van der Waals surface area (Å²) in [6.07, 6.45) is 1.23. The molecule has 1 saturated heterocycles. The van der Waals surface area contributed by atoms with E-state index in [1.54, 1.807) is 32.9 Å². The first kappa shape index (κ1) is 27.2. The smallest absolute Gasteiger partial charge is 0.349 e. The van der Waals surface area contributed by atoms with E-state index < -0.39 is 15.4 Å². The molecule has 7 nitrogen and oxygen atoms in total. The highest BCUT2D eigenvalue weighted by Gasteiger charge is 2.32. The Kier molecular flexibility index (Phi) is 8.62. The average Bonchev–Trinajstić information content (AvgIpc) is 2.78. The van der Waals surface area contributed by atoms with Gasteiger partial charge in [0, 0.05) is 45.5 Å². The predicted molar refractivity (Wildman–Crippen MR) is 137 cm³/mol. The number of ether oxygens (including phenoxy) is 2. The molecule has 2 aromatic carbocycles.